The largest absolute Gasteiger partial charge is 0.482 e. The van der Waals surface area contributed by atoms with E-state index in [4.69, 9.17) is 4.74 Å². The zero-order chi connectivity index (χ0) is 15.0. The second-order valence-electron chi connectivity index (χ2n) is 5.62. The lowest BCUT2D eigenvalue weighted by molar-refractivity contribution is 0.215. The van der Waals surface area contributed by atoms with E-state index in [1.54, 1.807) is 0 Å². The number of rotatable bonds is 3. The molecule has 3 heteroatoms. The summed E-state index contributed by atoms with van der Waals surface area (Å²) in [5.74, 6) is 1.81. The minimum Gasteiger partial charge on any atom is -0.482 e. The van der Waals surface area contributed by atoms with Crippen LogP contribution in [-0.2, 0) is 0 Å². The first kappa shape index (κ1) is 13.7. The molecule has 1 aromatic heterocycles. The van der Waals surface area contributed by atoms with E-state index in [0.717, 1.165) is 33.7 Å². The summed E-state index contributed by atoms with van der Waals surface area (Å²) in [6.07, 6.45) is -0.113. The standard InChI is InChI=1S/C18H20N2O/c1-11-8-9-15-16(10-11)20-18(19-15)14(4)21-17-12(2)6-5-7-13(17)3/h5-10,14H,1-4H3,(H,19,20)/t14-/m1/s1. The van der Waals surface area contributed by atoms with Crippen molar-refractivity contribution >= 4 is 11.0 Å². The van der Waals surface area contributed by atoms with Crippen molar-refractivity contribution in [2.45, 2.75) is 33.8 Å². The molecule has 21 heavy (non-hydrogen) atoms. The molecule has 0 radical (unpaired) electrons. The summed E-state index contributed by atoms with van der Waals surface area (Å²) in [6, 6.07) is 12.4. The van der Waals surface area contributed by atoms with E-state index in [1.807, 2.05) is 19.1 Å². The van der Waals surface area contributed by atoms with Crippen LogP contribution >= 0.6 is 0 Å². The smallest absolute Gasteiger partial charge is 0.153 e. The van der Waals surface area contributed by atoms with E-state index in [1.165, 1.54) is 5.56 Å². The van der Waals surface area contributed by atoms with Crippen molar-refractivity contribution in [2.75, 3.05) is 0 Å². The van der Waals surface area contributed by atoms with Crippen LogP contribution < -0.4 is 4.74 Å². The number of aromatic nitrogens is 2. The summed E-state index contributed by atoms with van der Waals surface area (Å²) in [5, 5.41) is 0. The number of fused-ring (bicyclic) bond motifs is 1. The molecule has 0 saturated carbocycles. The fraction of sp³-hybridized carbons (Fsp3) is 0.278. The molecule has 0 amide bonds. The monoisotopic (exact) mass is 280 g/mol. The number of hydrogen-bond acceptors (Lipinski definition) is 2. The number of nitrogens with zero attached hydrogens (tertiary/aromatic N) is 1. The first-order valence-corrected chi connectivity index (χ1v) is 7.24. The average Bonchev–Trinajstić information content (AvgIpc) is 2.86. The highest BCUT2D eigenvalue weighted by atomic mass is 16.5. The summed E-state index contributed by atoms with van der Waals surface area (Å²) in [4.78, 5) is 7.99. The van der Waals surface area contributed by atoms with Crippen LogP contribution in [0.15, 0.2) is 36.4 Å². The third-order valence-corrected chi connectivity index (χ3v) is 3.74. The highest BCUT2D eigenvalue weighted by Gasteiger charge is 2.14. The van der Waals surface area contributed by atoms with Crippen LogP contribution in [0.25, 0.3) is 11.0 Å². The molecular weight excluding hydrogens is 260 g/mol. The fourth-order valence-corrected chi connectivity index (χ4v) is 2.55. The van der Waals surface area contributed by atoms with Gasteiger partial charge in [-0.2, -0.15) is 0 Å². The van der Waals surface area contributed by atoms with Crippen LogP contribution in [-0.4, -0.2) is 9.97 Å². The van der Waals surface area contributed by atoms with Crippen LogP contribution in [0.3, 0.4) is 0 Å². The number of H-pyrrole nitrogens is 1. The Kier molecular flexibility index (Phi) is 3.42. The summed E-state index contributed by atoms with van der Waals surface area (Å²) in [5.41, 5.74) is 5.55. The van der Waals surface area contributed by atoms with Crippen molar-refractivity contribution in [3.05, 3.63) is 58.9 Å². The fourth-order valence-electron chi connectivity index (χ4n) is 2.55. The molecule has 2 aromatic carbocycles. The van der Waals surface area contributed by atoms with E-state index < -0.39 is 0 Å². The normalized spacial score (nSPS) is 12.6. The number of nitrogens with one attached hydrogen (secondary N) is 1. The SMILES string of the molecule is Cc1ccc2nc([C@@H](C)Oc3c(C)cccc3C)[nH]c2c1. The quantitative estimate of drug-likeness (QED) is 0.759. The summed E-state index contributed by atoms with van der Waals surface area (Å²) in [6.45, 7) is 8.24. The highest BCUT2D eigenvalue weighted by Crippen LogP contribution is 2.28. The van der Waals surface area contributed by atoms with Gasteiger partial charge in [0, 0.05) is 0 Å². The number of benzene rings is 2. The Labute approximate surface area is 125 Å². The molecule has 3 rings (SSSR count). The first-order chi connectivity index (χ1) is 10.0. The lowest BCUT2D eigenvalue weighted by Crippen LogP contribution is -2.07. The molecule has 0 aliphatic heterocycles. The maximum Gasteiger partial charge on any atom is 0.153 e. The lowest BCUT2D eigenvalue weighted by Gasteiger charge is -2.16. The van der Waals surface area contributed by atoms with Crippen molar-refractivity contribution < 1.29 is 4.74 Å². The molecule has 0 spiro atoms. The van der Waals surface area contributed by atoms with Gasteiger partial charge in [0.15, 0.2) is 6.10 Å². The number of ether oxygens (including phenoxy) is 1. The Bertz CT molecular complexity index is 769. The molecule has 0 saturated heterocycles. The third-order valence-electron chi connectivity index (χ3n) is 3.74. The first-order valence-electron chi connectivity index (χ1n) is 7.24. The van der Waals surface area contributed by atoms with Gasteiger partial charge in [0.05, 0.1) is 11.0 Å². The second kappa shape index (κ2) is 5.24. The number of imidazole rings is 1. The van der Waals surface area contributed by atoms with Gasteiger partial charge in [0.1, 0.15) is 11.6 Å². The van der Waals surface area contributed by atoms with Gasteiger partial charge in [-0.15, -0.1) is 0 Å². The zero-order valence-corrected chi connectivity index (χ0v) is 12.9. The van der Waals surface area contributed by atoms with Gasteiger partial charge in [0.25, 0.3) is 0 Å². The molecule has 108 valence electrons. The zero-order valence-electron chi connectivity index (χ0n) is 12.9. The Morgan fingerprint density at radius 3 is 2.48 bits per heavy atom. The van der Waals surface area contributed by atoms with E-state index in [9.17, 15) is 0 Å². The van der Waals surface area contributed by atoms with Crippen LogP contribution in [0.5, 0.6) is 5.75 Å². The van der Waals surface area contributed by atoms with Gasteiger partial charge < -0.3 is 9.72 Å². The Morgan fingerprint density at radius 1 is 1.05 bits per heavy atom. The number of para-hydroxylation sites is 1. The molecule has 1 heterocycles. The van der Waals surface area contributed by atoms with Gasteiger partial charge in [-0.3, -0.25) is 0 Å². The van der Waals surface area contributed by atoms with Crippen LogP contribution in [0.1, 0.15) is 35.5 Å². The van der Waals surface area contributed by atoms with Crippen LogP contribution in [0, 0.1) is 20.8 Å². The predicted molar refractivity (Wildman–Crippen MR) is 85.8 cm³/mol. The van der Waals surface area contributed by atoms with Crippen molar-refractivity contribution in [1.82, 2.24) is 9.97 Å². The van der Waals surface area contributed by atoms with Crippen molar-refractivity contribution in [3.8, 4) is 5.75 Å². The van der Waals surface area contributed by atoms with Gasteiger partial charge in [-0.25, -0.2) is 4.98 Å². The van der Waals surface area contributed by atoms with Gasteiger partial charge in [-0.1, -0.05) is 24.3 Å². The number of aromatic amines is 1. The number of hydrogen-bond donors (Lipinski definition) is 1. The molecule has 0 unspecified atom stereocenters. The van der Waals surface area contributed by atoms with E-state index in [0.29, 0.717) is 0 Å². The Balaban J connectivity index is 1.91. The van der Waals surface area contributed by atoms with Gasteiger partial charge in [0.2, 0.25) is 0 Å². The van der Waals surface area contributed by atoms with Crippen molar-refractivity contribution in [3.63, 3.8) is 0 Å². The van der Waals surface area contributed by atoms with Gasteiger partial charge >= 0.3 is 0 Å². The molecular formula is C18H20N2O. The minimum atomic E-state index is -0.113. The van der Waals surface area contributed by atoms with Crippen LogP contribution in [0.4, 0.5) is 0 Å². The third kappa shape index (κ3) is 2.64. The lowest BCUT2D eigenvalue weighted by atomic mass is 10.1. The molecule has 1 N–H and O–H groups in total. The molecule has 0 aliphatic carbocycles. The topological polar surface area (TPSA) is 37.9 Å². The molecule has 1 atom stereocenters. The molecule has 0 aliphatic rings. The Hall–Kier alpha value is -2.29. The summed E-state index contributed by atoms with van der Waals surface area (Å²) >= 11 is 0. The summed E-state index contributed by atoms with van der Waals surface area (Å²) < 4.78 is 6.13. The molecule has 0 bridgehead atoms. The maximum absolute atomic E-state index is 6.13. The van der Waals surface area contributed by atoms with Crippen LogP contribution in [0.2, 0.25) is 0 Å². The maximum atomic E-state index is 6.13. The highest BCUT2D eigenvalue weighted by molar-refractivity contribution is 5.75. The van der Waals surface area contributed by atoms with Crippen molar-refractivity contribution in [2.24, 2.45) is 0 Å². The molecule has 3 nitrogen and oxygen atoms in total. The molecule has 0 fully saturated rings. The number of aryl methyl sites for hydroxylation is 3. The average molecular weight is 280 g/mol. The van der Waals surface area contributed by atoms with E-state index in [-0.39, 0.29) is 6.10 Å². The Morgan fingerprint density at radius 2 is 1.76 bits per heavy atom. The van der Waals surface area contributed by atoms with Gasteiger partial charge in [-0.05, 0) is 56.5 Å². The second-order valence-corrected chi connectivity index (χ2v) is 5.62. The predicted octanol–water partition coefficient (Wildman–Crippen LogP) is 4.63. The minimum absolute atomic E-state index is 0.113. The van der Waals surface area contributed by atoms with Crippen molar-refractivity contribution in [1.29, 1.82) is 0 Å². The van der Waals surface area contributed by atoms with E-state index in [2.05, 4.69) is 55.0 Å². The molecule has 3 aromatic rings. The summed E-state index contributed by atoms with van der Waals surface area (Å²) in [7, 11) is 0. The van der Waals surface area contributed by atoms with E-state index >= 15 is 0 Å².